The Labute approximate surface area is 74.3 Å². The molecule has 0 unspecified atom stereocenters. The van der Waals surface area contributed by atoms with Gasteiger partial charge in [0, 0.05) is 6.54 Å². The molecule has 0 aliphatic rings. The van der Waals surface area contributed by atoms with Crippen molar-refractivity contribution in [1.29, 1.82) is 0 Å². The van der Waals surface area contributed by atoms with Crippen molar-refractivity contribution in [2.75, 3.05) is 5.73 Å². The Morgan fingerprint density at radius 1 is 1.38 bits per heavy atom. The van der Waals surface area contributed by atoms with Crippen LogP contribution in [-0.4, -0.2) is 6.61 Å². The first-order valence-corrected chi connectivity index (χ1v) is 3.66. The highest BCUT2D eigenvalue weighted by molar-refractivity contribution is 5.53. The van der Waals surface area contributed by atoms with Crippen LogP contribution in [0.4, 0.5) is 14.5 Å². The first-order valence-electron chi connectivity index (χ1n) is 3.66. The molecule has 1 aromatic carbocycles. The van der Waals surface area contributed by atoms with Crippen LogP contribution in [0.3, 0.4) is 0 Å². The zero-order chi connectivity index (χ0) is 9.84. The molecule has 5 heteroatoms. The highest BCUT2D eigenvalue weighted by atomic mass is 19.3. The van der Waals surface area contributed by atoms with Crippen LogP contribution >= 0.6 is 0 Å². The molecule has 0 radical (unpaired) electrons. The zero-order valence-corrected chi connectivity index (χ0v) is 6.84. The van der Waals surface area contributed by atoms with Crippen LogP contribution in [0.15, 0.2) is 18.2 Å². The van der Waals surface area contributed by atoms with Crippen LogP contribution in [0.25, 0.3) is 0 Å². The van der Waals surface area contributed by atoms with Gasteiger partial charge in [0.1, 0.15) is 5.75 Å². The molecular formula is C8H10F2N2O. The molecule has 4 N–H and O–H groups in total. The molecule has 0 atom stereocenters. The van der Waals surface area contributed by atoms with E-state index in [1.807, 2.05) is 0 Å². The van der Waals surface area contributed by atoms with Crippen LogP contribution in [0.2, 0.25) is 0 Å². The third-order valence-corrected chi connectivity index (χ3v) is 1.53. The Morgan fingerprint density at radius 3 is 2.62 bits per heavy atom. The number of nitrogen functional groups attached to an aromatic ring is 1. The molecule has 0 saturated heterocycles. The molecule has 0 aromatic heterocycles. The highest BCUT2D eigenvalue weighted by Gasteiger charge is 2.07. The fraction of sp³-hybridized carbons (Fsp3) is 0.250. The van der Waals surface area contributed by atoms with Crippen molar-refractivity contribution >= 4 is 5.69 Å². The van der Waals surface area contributed by atoms with E-state index >= 15 is 0 Å². The summed E-state index contributed by atoms with van der Waals surface area (Å²) in [5.41, 5.74) is 11.6. The lowest BCUT2D eigenvalue weighted by Gasteiger charge is -2.08. The van der Waals surface area contributed by atoms with Gasteiger partial charge in [-0.1, -0.05) is 6.07 Å². The van der Waals surface area contributed by atoms with E-state index in [-0.39, 0.29) is 18.0 Å². The molecule has 0 amide bonds. The summed E-state index contributed by atoms with van der Waals surface area (Å²) in [7, 11) is 0. The summed E-state index contributed by atoms with van der Waals surface area (Å²) in [5, 5.41) is 0. The van der Waals surface area contributed by atoms with Crippen molar-refractivity contribution in [3.05, 3.63) is 23.8 Å². The molecule has 3 nitrogen and oxygen atoms in total. The SMILES string of the molecule is NCc1ccc(N)c(OC(F)F)c1. The predicted molar refractivity (Wildman–Crippen MR) is 45.4 cm³/mol. The van der Waals surface area contributed by atoms with Gasteiger partial charge in [-0.3, -0.25) is 0 Å². The van der Waals surface area contributed by atoms with Crippen LogP contribution in [0.5, 0.6) is 5.75 Å². The van der Waals surface area contributed by atoms with Gasteiger partial charge in [-0.05, 0) is 17.7 Å². The van der Waals surface area contributed by atoms with E-state index in [0.717, 1.165) is 0 Å². The minimum atomic E-state index is -2.87. The average Bonchev–Trinajstić information content (AvgIpc) is 2.08. The lowest BCUT2D eigenvalue weighted by Crippen LogP contribution is -2.05. The largest absolute Gasteiger partial charge is 0.433 e. The van der Waals surface area contributed by atoms with E-state index in [2.05, 4.69) is 4.74 Å². The van der Waals surface area contributed by atoms with Crippen LogP contribution < -0.4 is 16.2 Å². The number of rotatable bonds is 3. The van der Waals surface area contributed by atoms with E-state index in [1.54, 1.807) is 6.07 Å². The van der Waals surface area contributed by atoms with Gasteiger partial charge in [0.2, 0.25) is 0 Å². The van der Waals surface area contributed by atoms with E-state index < -0.39 is 6.61 Å². The van der Waals surface area contributed by atoms with E-state index in [9.17, 15) is 8.78 Å². The summed E-state index contributed by atoms with van der Waals surface area (Å²) < 4.78 is 27.8. The number of halogens is 2. The first kappa shape index (κ1) is 9.73. The standard InChI is InChI=1S/C8H10F2N2O/c9-8(10)13-7-3-5(4-11)1-2-6(7)12/h1-3,8H,4,11-12H2. The van der Waals surface area contributed by atoms with E-state index in [0.29, 0.717) is 5.56 Å². The van der Waals surface area contributed by atoms with Crippen LogP contribution in [0.1, 0.15) is 5.56 Å². The summed E-state index contributed by atoms with van der Waals surface area (Å²) in [6.07, 6.45) is 0. The van der Waals surface area contributed by atoms with Crippen molar-refractivity contribution in [2.24, 2.45) is 5.73 Å². The first-order chi connectivity index (χ1) is 6.13. The molecule has 0 aliphatic carbocycles. The van der Waals surface area contributed by atoms with Gasteiger partial charge >= 0.3 is 6.61 Å². The van der Waals surface area contributed by atoms with Crippen molar-refractivity contribution in [3.63, 3.8) is 0 Å². The molecule has 0 saturated carbocycles. The zero-order valence-electron chi connectivity index (χ0n) is 6.84. The number of anilines is 1. The molecule has 1 aromatic rings. The van der Waals surface area contributed by atoms with Crippen molar-refractivity contribution in [1.82, 2.24) is 0 Å². The van der Waals surface area contributed by atoms with Gasteiger partial charge in [-0.15, -0.1) is 0 Å². The number of alkyl halides is 2. The smallest absolute Gasteiger partial charge is 0.387 e. The Bertz CT molecular complexity index is 291. The second kappa shape index (κ2) is 4.04. The lowest BCUT2D eigenvalue weighted by atomic mass is 10.2. The molecule has 0 heterocycles. The van der Waals surface area contributed by atoms with Gasteiger partial charge < -0.3 is 16.2 Å². The lowest BCUT2D eigenvalue weighted by molar-refractivity contribution is -0.0493. The molecule has 0 spiro atoms. The fourth-order valence-electron chi connectivity index (χ4n) is 0.904. The topological polar surface area (TPSA) is 61.3 Å². The molecular weight excluding hydrogens is 178 g/mol. The number of hydrogen-bond acceptors (Lipinski definition) is 3. The number of hydrogen-bond donors (Lipinski definition) is 2. The number of benzene rings is 1. The van der Waals surface area contributed by atoms with E-state index in [4.69, 9.17) is 11.5 Å². The maximum Gasteiger partial charge on any atom is 0.387 e. The Hall–Kier alpha value is -1.36. The Morgan fingerprint density at radius 2 is 2.08 bits per heavy atom. The molecule has 0 aliphatic heterocycles. The minimum absolute atomic E-state index is 0.0297. The molecule has 13 heavy (non-hydrogen) atoms. The highest BCUT2D eigenvalue weighted by Crippen LogP contribution is 2.24. The summed E-state index contributed by atoms with van der Waals surface area (Å²) in [4.78, 5) is 0. The monoisotopic (exact) mass is 188 g/mol. The van der Waals surface area contributed by atoms with Gasteiger partial charge in [0.05, 0.1) is 5.69 Å². The fourth-order valence-corrected chi connectivity index (χ4v) is 0.904. The van der Waals surface area contributed by atoms with Crippen LogP contribution in [-0.2, 0) is 6.54 Å². The van der Waals surface area contributed by atoms with Crippen molar-refractivity contribution < 1.29 is 13.5 Å². The summed E-state index contributed by atoms with van der Waals surface area (Å²) in [6.45, 7) is -2.60. The molecule has 0 bridgehead atoms. The molecule has 1 rings (SSSR count). The maximum atomic E-state index is 11.8. The summed E-state index contributed by atoms with van der Waals surface area (Å²) >= 11 is 0. The van der Waals surface area contributed by atoms with E-state index in [1.165, 1.54) is 12.1 Å². The van der Waals surface area contributed by atoms with Crippen molar-refractivity contribution in [3.8, 4) is 5.75 Å². The normalized spacial score (nSPS) is 10.5. The Balaban J connectivity index is 2.90. The third-order valence-electron chi connectivity index (χ3n) is 1.53. The summed E-state index contributed by atoms with van der Waals surface area (Å²) in [5.74, 6) is -0.0297. The number of ether oxygens (including phenoxy) is 1. The second-order valence-corrected chi connectivity index (χ2v) is 2.45. The number of nitrogens with two attached hydrogens (primary N) is 2. The van der Waals surface area contributed by atoms with Crippen molar-refractivity contribution in [2.45, 2.75) is 13.2 Å². The summed E-state index contributed by atoms with van der Waals surface area (Å²) in [6, 6.07) is 4.55. The molecule has 72 valence electrons. The van der Waals surface area contributed by atoms with Gasteiger partial charge in [0.25, 0.3) is 0 Å². The third kappa shape index (κ3) is 2.55. The van der Waals surface area contributed by atoms with Gasteiger partial charge in [-0.2, -0.15) is 8.78 Å². The van der Waals surface area contributed by atoms with Crippen LogP contribution in [0, 0.1) is 0 Å². The maximum absolute atomic E-state index is 11.8. The average molecular weight is 188 g/mol. The molecule has 0 fully saturated rings. The predicted octanol–water partition coefficient (Wildman–Crippen LogP) is 1.33. The second-order valence-electron chi connectivity index (χ2n) is 2.45. The quantitative estimate of drug-likeness (QED) is 0.703. The van der Waals surface area contributed by atoms with Gasteiger partial charge in [0.15, 0.2) is 0 Å². The minimum Gasteiger partial charge on any atom is -0.433 e. The van der Waals surface area contributed by atoms with Gasteiger partial charge in [-0.25, -0.2) is 0 Å². The Kier molecular flexibility index (Phi) is 3.02.